The molecule has 31 heavy (non-hydrogen) atoms. The van der Waals surface area contributed by atoms with Gasteiger partial charge in [0.2, 0.25) is 0 Å². The Morgan fingerprint density at radius 1 is 1.10 bits per heavy atom. The molecule has 154 valence electrons. The van der Waals surface area contributed by atoms with Crippen LogP contribution in [-0.4, -0.2) is 27.5 Å². The fourth-order valence-corrected chi connectivity index (χ4v) is 4.87. The van der Waals surface area contributed by atoms with E-state index in [4.69, 9.17) is 4.74 Å². The van der Waals surface area contributed by atoms with Gasteiger partial charge in [-0.15, -0.1) is 11.3 Å². The molecule has 0 unspecified atom stereocenters. The SMILES string of the molecule is CNC(=O)c1c(C)n(C)c2cc(Oc3ccnc4cc(-c5ccncc5)sc34)ccc12. The van der Waals surface area contributed by atoms with Crippen LogP contribution in [-0.2, 0) is 7.05 Å². The molecule has 0 radical (unpaired) electrons. The van der Waals surface area contributed by atoms with Crippen LogP contribution in [0.25, 0.3) is 31.6 Å². The number of hydrogen-bond acceptors (Lipinski definition) is 5. The zero-order valence-electron chi connectivity index (χ0n) is 17.3. The second kappa shape index (κ2) is 7.52. The highest BCUT2D eigenvalue weighted by atomic mass is 32.1. The lowest BCUT2D eigenvalue weighted by molar-refractivity contribution is 0.0964. The topological polar surface area (TPSA) is 69.0 Å². The molecule has 4 aromatic heterocycles. The monoisotopic (exact) mass is 428 g/mol. The maximum atomic E-state index is 12.3. The molecule has 5 aromatic rings. The lowest BCUT2D eigenvalue weighted by atomic mass is 10.1. The molecular weight excluding hydrogens is 408 g/mol. The van der Waals surface area contributed by atoms with Gasteiger partial charge < -0.3 is 14.6 Å². The van der Waals surface area contributed by atoms with Gasteiger partial charge in [-0.3, -0.25) is 14.8 Å². The minimum Gasteiger partial charge on any atom is -0.456 e. The Balaban J connectivity index is 1.56. The zero-order valence-corrected chi connectivity index (χ0v) is 18.2. The van der Waals surface area contributed by atoms with E-state index in [1.54, 1.807) is 37.0 Å². The molecule has 0 saturated heterocycles. The van der Waals surface area contributed by atoms with Gasteiger partial charge >= 0.3 is 0 Å². The molecule has 5 rings (SSSR count). The zero-order chi connectivity index (χ0) is 21.5. The standard InChI is InChI=1S/C24H20N4O2S/c1-14-22(24(29)25-2)17-5-4-16(12-19(17)28(14)3)30-20-8-11-27-18-13-21(31-23(18)20)15-6-9-26-10-7-15/h4-13H,1-3H3,(H,25,29). The fourth-order valence-electron chi connectivity index (χ4n) is 3.80. The van der Waals surface area contributed by atoms with E-state index >= 15 is 0 Å². The van der Waals surface area contributed by atoms with Gasteiger partial charge in [0.1, 0.15) is 11.5 Å². The largest absolute Gasteiger partial charge is 0.456 e. The maximum absolute atomic E-state index is 12.3. The molecule has 0 aliphatic rings. The molecule has 0 saturated carbocycles. The number of amides is 1. The van der Waals surface area contributed by atoms with Crippen molar-refractivity contribution >= 4 is 38.4 Å². The van der Waals surface area contributed by atoms with Crippen molar-refractivity contribution in [2.24, 2.45) is 7.05 Å². The number of pyridine rings is 2. The minimum atomic E-state index is -0.0881. The van der Waals surface area contributed by atoms with E-state index in [-0.39, 0.29) is 5.91 Å². The first kappa shape index (κ1) is 19.3. The Morgan fingerprint density at radius 2 is 1.90 bits per heavy atom. The number of aryl methyl sites for hydroxylation is 1. The molecule has 1 aromatic carbocycles. The Bertz CT molecular complexity index is 1440. The fraction of sp³-hybridized carbons (Fsp3) is 0.125. The van der Waals surface area contributed by atoms with Gasteiger partial charge in [-0.25, -0.2) is 0 Å². The summed E-state index contributed by atoms with van der Waals surface area (Å²) in [5.74, 6) is 1.38. The summed E-state index contributed by atoms with van der Waals surface area (Å²) in [6, 6.07) is 13.7. The van der Waals surface area contributed by atoms with E-state index in [0.29, 0.717) is 11.3 Å². The molecule has 1 N–H and O–H groups in total. The van der Waals surface area contributed by atoms with E-state index in [0.717, 1.165) is 43.0 Å². The van der Waals surface area contributed by atoms with Crippen LogP contribution >= 0.6 is 11.3 Å². The van der Waals surface area contributed by atoms with Gasteiger partial charge in [-0.2, -0.15) is 0 Å². The quantitative estimate of drug-likeness (QED) is 0.421. The van der Waals surface area contributed by atoms with Crippen LogP contribution in [0.1, 0.15) is 16.1 Å². The number of benzene rings is 1. The smallest absolute Gasteiger partial charge is 0.253 e. The third kappa shape index (κ3) is 3.23. The van der Waals surface area contributed by atoms with Crippen LogP contribution in [0.3, 0.4) is 0 Å². The maximum Gasteiger partial charge on any atom is 0.253 e. The summed E-state index contributed by atoms with van der Waals surface area (Å²) in [7, 11) is 3.60. The summed E-state index contributed by atoms with van der Waals surface area (Å²) in [5, 5.41) is 3.63. The molecule has 0 atom stereocenters. The second-order valence-corrected chi connectivity index (χ2v) is 8.30. The number of carbonyl (C=O) groups is 1. The Kier molecular flexibility index (Phi) is 4.67. The minimum absolute atomic E-state index is 0.0881. The van der Waals surface area contributed by atoms with Crippen molar-refractivity contribution in [2.75, 3.05) is 7.05 Å². The highest BCUT2D eigenvalue weighted by Gasteiger charge is 2.18. The average Bonchev–Trinajstić information content (AvgIpc) is 3.34. The van der Waals surface area contributed by atoms with Crippen LogP contribution in [0.4, 0.5) is 0 Å². The van der Waals surface area contributed by atoms with Gasteiger partial charge in [-0.05, 0) is 42.8 Å². The molecule has 4 heterocycles. The van der Waals surface area contributed by atoms with Crippen molar-refractivity contribution in [1.82, 2.24) is 19.9 Å². The molecular formula is C24H20N4O2S. The van der Waals surface area contributed by atoms with E-state index in [2.05, 4.69) is 21.4 Å². The first-order valence-electron chi connectivity index (χ1n) is 9.84. The van der Waals surface area contributed by atoms with E-state index < -0.39 is 0 Å². The van der Waals surface area contributed by atoms with E-state index in [1.807, 2.05) is 54.9 Å². The predicted octanol–water partition coefficient (Wildman–Crippen LogP) is 5.31. The molecule has 1 amide bonds. The molecule has 0 aliphatic carbocycles. The highest BCUT2D eigenvalue weighted by Crippen LogP contribution is 2.39. The molecule has 6 nitrogen and oxygen atoms in total. The summed E-state index contributed by atoms with van der Waals surface area (Å²) >= 11 is 1.64. The van der Waals surface area contributed by atoms with Crippen molar-refractivity contribution < 1.29 is 9.53 Å². The van der Waals surface area contributed by atoms with Crippen LogP contribution in [0.5, 0.6) is 11.5 Å². The first-order chi connectivity index (χ1) is 15.1. The summed E-state index contributed by atoms with van der Waals surface area (Å²) < 4.78 is 9.29. The van der Waals surface area contributed by atoms with Crippen LogP contribution in [0.2, 0.25) is 0 Å². The Morgan fingerprint density at radius 3 is 2.68 bits per heavy atom. The highest BCUT2D eigenvalue weighted by molar-refractivity contribution is 7.22. The van der Waals surface area contributed by atoms with Crippen LogP contribution in [0, 0.1) is 6.92 Å². The number of nitrogens with zero attached hydrogens (tertiary/aromatic N) is 3. The predicted molar refractivity (Wildman–Crippen MR) is 124 cm³/mol. The molecule has 7 heteroatoms. The van der Waals surface area contributed by atoms with Crippen LogP contribution < -0.4 is 10.1 Å². The number of nitrogens with one attached hydrogen (secondary N) is 1. The van der Waals surface area contributed by atoms with Crippen LogP contribution in [0.15, 0.2) is 61.1 Å². The van der Waals surface area contributed by atoms with Crippen molar-refractivity contribution in [3.05, 3.63) is 72.3 Å². The normalized spacial score (nSPS) is 11.2. The number of hydrogen-bond donors (Lipinski definition) is 1. The van der Waals surface area contributed by atoms with Gasteiger partial charge in [0.25, 0.3) is 5.91 Å². The Hall–Kier alpha value is -3.71. The number of fused-ring (bicyclic) bond motifs is 2. The third-order valence-corrected chi connectivity index (χ3v) is 6.68. The van der Waals surface area contributed by atoms with E-state index in [1.165, 1.54) is 0 Å². The summed E-state index contributed by atoms with van der Waals surface area (Å²) in [6.45, 7) is 1.95. The first-order valence-corrected chi connectivity index (χ1v) is 10.7. The van der Waals surface area contributed by atoms with Crippen molar-refractivity contribution in [1.29, 1.82) is 0 Å². The van der Waals surface area contributed by atoms with Crippen molar-refractivity contribution in [3.8, 4) is 21.9 Å². The Labute approximate surface area is 183 Å². The molecule has 0 fully saturated rings. The summed E-state index contributed by atoms with van der Waals surface area (Å²) in [4.78, 5) is 22.0. The van der Waals surface area contributed by atoms with E-state index in [9.17, 15) is 4.79 Å². The lowest BCUT2D eigenvalue weighted by Gasteiger charge is -2.07. The summed E-state index contributed by atoms with van der Waals surface area (Å²) in [6.07, 6.45) is 5.33. The number of aromatic nitrogens is 3. The van der Waals surface area contributed by atoms with Gasteiger partial charge in [0, 0.05) is 60.8 Å². The average molecular weight is 429 g/mol. The number of thiophene rings is 1. The molecule has 0 spiro atoms. The second-order valence-electron chi connectivity index (χ2n) is 7.25. The van der Waals surface area contributed by atoms with Crippen molar-refractivity contribution in [3.63, 3.8) is 0 Å². The molecule has 0 bridgehead atoms. The van der Waals surface area contributed by atoms with Crippen molar-refractivity contribution in [2.45, 2.75) is 6.92 Å². The molecule has 0 aliphatic heterocycles. The van der Waals surface area contributed by atoms with Gasteiger partial charge in [0.15, 0.2) is 0 Å². The number of ether oxygens (including phenoxy) is 1. The van der Waals surface area contributed by atoms with Gasteiger partial charge in [0.05, 0.1) is 21.3 Å². The summed E-state index contributed by atoms with van der Waals surface area (Å²) in [5.41, 5.74) is 4.55. The third-order valence-electron chi connectivity index (χ3n) is 5.49. The lowest BCUT2D eigenvalue weighted by Crippen LogP contribution is -2.18. The number of carbonyl (C=O) groups excluding carboxylic acids is 1. The number of rotatable bonds is 4. The van der Waals surface area contributed by atoms with Gasteiger partial charge in [-0.1, -0.05) is 0 Å².